The van der Waals surface area contributed by atoms with E-state index in [9.17, 15) is 4.79 Å². The number of aryl methyl sites for hydroxylation is 1. The SMILES string of the molecule is Cn1ncc(-c2nnc3ccc(C(=O)O)cn23)n1. The molecule has 8 nitrogen and oxygen atoms in total. The van der Waals surface area contributed by atoms with Gasteiger partial charge >= 0.3 is 5.97 Å². The van der Waals surface area contributed by atoms with Crippen molar-refractivity contribution in [2.75, 3.05) is 0 Å². The number of carboxylic acid groups (broad SMARTS) is 1. The van der Waals surface area contributed by atoms with Crippen LogP contribution in [0.4, 0.5) is 0 Å². The number of rotatable bonds is 2. The molecule has 8 heteroatoms. The topological polar surface area (TPSA) is 98.2 Å². The predicted molar refractivity (Wildman–Crippen MR) is 59.9 cm³/mol. The Balaban J connectivity index is 2.23. The van der Waals surface area contributed by atoms with Crippen molar-refractivity contribution in [1.82, 2.24) is 29.6 Å². The molecule has 90 valence electrons. The van der Waals surface area contributed by atoms with Crippen molar-refractivity contribution in [1.29, 1.82) is 0 Å². The summed E-state index contributed by atoms with van der Waals surface area (Å²) in [7, 11) is 1.69. The van der Waals surface area contributed by atoms with Gasteiger partial charge in [0.2, 0.25) is 0 Å². The van der Waals surface area contributed by atoms with Crippen molar-refractivity contribution >= 4 is 11.6 Å². The van der Waals surface area contributed by atoms with E-state index < -0.39 is 5.97 Å². The smallest absolute Gasteiger partial charge is 0.337 e. The number of aromatic carboxylic acids is 1. The minimum absolute atomic E-state index is 0.160. The van der Waals surface area contributed by atoms with E-state index in [-0.39, 0.29) is 5.56 Å². The maximum absolute atomic E-state index is 10.9. The van der Waals surface area contributed by atoms with Gasteiger partial charge in [-0.05, 0) is 12.1 Å². The second-order valence-corrected chi connectivity index (χ2v) is 3.69. The fraction of sp³-hybridized carbons (Fsp3) is 0.100. The molecule has 0 saturated heterocycles. The van der Waals surface area contributed by atoms with Gasteiger partial charge in [0.1, 0.15) is 0 Å². The summed E-state index contributed by atoms with van der Waals surface area (Å²) in [5.41, 5.74) is 1.25. The second-order valence-electron chi connectivity index (χ2n) is 3.69. The van der Waals surface area contributed by atoms with Crippen LogP contribution in [-0.2, 0) is 7.05 Å². The Hall–Kier alpha value is -2.77. The average Bonchev–Trinajstić information content (AvgIpc) is 2.93. The standard InChI is InChI=1S/C10H8N6O2/c1-15-11-4-7(14-15)9-13-12-8-3-2-6(10(17)18)5-16(8)9/h2-5H,1H3,(H,17,18). The van der Waals surface area contributed by atoms with Crippen LogP contribution in [0.2, 0.25) is 0 Å². The zero-order valence-corrected chi connectivity index (χ0v) is 9.35. The molecule has 0 aliphatic carbocycles. The van der Waals surface area contributed by atoms with E-state index in [4.69, 9.17) is 5.11 Å². The van der Waals surface area contributed by atoms with Gasteiger partial charge in [0.15, 0.2) is 17.2 Å². The molecule has 0 unspecified atom stereocenters. The van der Waals surface area contributed by atoms with Gasteiger partial charge in [0.05, 0.1) is 11.8 Å². The molecular weight excluding hydrogens is 236 g/mol. The molecule has 3 heterocycles. The fourth-order valence-corrected chi connectivity index (χ4v) is 1.64. The van der Waals surface area contributed by atoms with Crippen molar-refractivity contribution in [2.24, 2.45) is 7.05 Å². The van der Waals surface area contributed by atoms with Crippen molar-refractivity contribution in [3.8, 4) is 11.5 Å². The third-order valence-corrected chi connectivity index (χ3v) is 2.48. The Morgan fingerprint density at radius 3 is 2.83 bits per heavy atom. The summed E-state index contributed by atoms with van der Waals surface area (Å²) >= 11 is 0. The number of pyridine rings is 1. The summed E-state index contributed by atoms with van der Waals surface area (Å²) in [6.45, 7) is 0. The van der Waals surface area contributed by atoms with Crippen LogP contribution >= 0.6 is 0 Å². The summed E-state index contributed by atoms with van der Waals surface area (Å²) in [6, 6.07) is 3.07. The first-order valence-electron chi connectivity index (χ1n) is 5.10. The molecule has 0 saturated carbocycles. The van der Waals surface area contributed by atoms with E-state index in [2.05, 4.69) is 20.4 Å². The van der Waals surface area contributed by atoms with Crippen LogP contribution < -0.4 is 0 Å². The lowest BCUT2D eigenvalue weighted by atomic mass is 10.3. The van der Waals surface area contributed by atoms with Crippen molar-refractivity contribution in [3.63, 3.8) is 0 Å². The van der Waals surface area contributed by atoms with Crippen molar-refractivity contribution in [2.45, 2.75) is 0 Å². The molecule has 0 atom stereocenters. The number of hydrogen-bond acceptors (Lipinski definition) is 5. The third-order valence-electron chi connectivity index (χ3n) is 2.48. The van der Waals surface area contributed by atoms with Gasteiger partial charge in [-0.2, -0.15) is 15.0 Å². The van der Waals surface area contributed by atoms with E-state index in [1.165, 1.54) is 17.1 Å². The Labute approximate surface area is 100 Å². The van der Waals surface area contributed by atoms with Crippen LogP contribution in [-0.4, -0.2) is 40.7 Å². The molecule has 0 aliphatic heterocycles. The molecule has 0 aliphatic rings. The normalized spacial score (nSPS) is 10.9. The maximum atomic E-state index is 10.9. The van der Waals surface area contributed by atoms with Gasteiger partial charge in [0, 0.05) is 13.2 Å². The number of aromatic nitrogens is 6. The largest absolute Gasteiger partial charge is 0.478 e. The fourth-order valence-electron chi connectivity index (χ4n) is 1.64. The number of carbonyl (C=O) groups is 1. The Morgan fingerprint density at radius 2 is 2.17 bits per heavy atom. The van der Waals surface area contributed by atoms with Crippen molar-refractivity contribution in [3.05, 3.63) is 30.1 Å². The zero-order valence-electron chi connectivity index (χ0n) is 9.35. The lowest BCUT2D eigenvalue weighted by Crippen LogP contribution is -2.00. The summed E-state index contributed by atoms with van der Waals surface area (Å²) < 4.78 is 1.58. The summed E-state index contributed by atoms with van der Waals surface area (Å²) in [4.78, 5) is 12.3. The Morgan fingerprint density at radius 1 is 1.33 bits per heavy atom. The van der Waals surface area contributed by atoms with Gasteiger partial charge < -0.3 is 5.11 Å². The first kappa shape index (κ1) is 10.4. The Bertz CT molecular complexity index is 744. The quantitative estimate of drug-likeness (QED) is 0.692. The molecule has 1 N–H and O–H groups in total. The number of hydrogen-bond donors (Lipinski definition) is 1. The Kier molecular flexibility index (Phi) is 2.09. The van der Waals surface area contributed by atoms with Crippen molar-refractivity contribution < 1.29 is 9.90 Å². The van der Waals surface area contributed by atoms with Gasteiger partial charge in [0.25, 0.3) is 0 Å². The van der Waals surface area contributed by atoms with E-state index in [1.807, 2.05) is 0 Å². The summed E-state index contributed by atoms with van der Waals surface area (Å²) in [6.07, 6.45) is 3.01. The number of nitrogens with zero attached hydrogens (tertiary/aromatic N) is 6. The lowest BCUT2D eigenvalue weighted by Gasteiger charge is -1.98. The molecule has 0 amide bonds. The maximum Gasteiger partial charge on any atom is 0.337 e. The molecule has 0 bridgehead atoms. The molecule has 3 aromatic heterocycles. The van der Waals surface area contributed by atoms with Crippen LogP contribution in [0.25, 0.3) is 17.2 Å². The zero-order chi connectivity index (χ0) is 12.7. The van der Waals surface area contributed by atoms with Crippen LogP contribution in [0.15, 0.2) is 24.5 Å². The molecular formula is C10H8N6O2. The highest BCUT2D eigenvalue weighted by molar-refractivity contribution is 5.87. The second kappa shape index (κ2) is 3.62. The monoisotopic (exact) mass is 244 g/mol. The van der Waals surface area contributed by atoms with E-state index in [1.54, 1.807) is 23.7 Å². The van der Waals surface area contributed by atoms with Gasteiger partial charge in [-0.15, -0.1) is 10.2 Å². The number of carboxylic acids is 1. The lowest BCUT2D eigenvalue weighted by molar-refractivity contribution is 0.0696. The van der Waals surface area contributed by atoms with Crippen LogP contribution in [0.1, 0.15) is 10.4 Å². The predicted octanol–water partition coefficient (Wildman–Crippen LogP) is 0.223. The molecule has 0 aromatic carbocycles. The average molecular weight is 244 g/mol. The molecule has 3 aromatic rings. The molecule has 0 radical (unpaired) electrons. The molecule has 0 spiro atoms. The molecule has 0 fully saturated rings. The van der Waals surface area contributed by atoms with Crippen LogP contribution in [0.5, 0.6) is 0 Å². The summed E-state index contributed by atoms with van der Waals surface area (Å²) in [5, 5.41) is 25.0. The van der Waals surface area contributed by atoms with E-state index >= 15 is 0 Å². The van der Waals surface area contributed by atoms with Crippen LogP contribution in [0, 0.1) is 0 Å². The highest BCUT2D eigenvalue weighted by Crippen LogP contribution is 2.15. The minimum Gasteiger partial charge on any atom is -0.478 e. The molecule has 3 rings (SSSR count). The third kappa shape index (κ3) is 1.51. The molecule has 18 heavy (non-hydrogen) atoms. The number of fused-ring (bicyclic) bond motifs is 1. The minimum atomic E-state index is -1.00. The first-order chi connectivity index (χ1) is 8.65. The highest BCUT2D eigenvalue weighted by Gasteiger charge is 2.13. The highest BCUT2D eigenvalue weighted by atomic mass is 16.4. The van der Waals surface area contributed by atoms with Crippen LogP contribution in [0.3, 0.4) is 0 Å². The first-order valence-corrected chi connectivity index (χ1v) is 5.10. The van der Waals surface area contributed by atoms with Gasteiger partial charge in [-0.25, -0.2) is 4.79 Å². The van der Waals surface area contributed by atoms with Gasteiger partial charge in [-0.3, -0.25) is 4.40 Å². The van der Waals surface area contributed by atoms with Gasteiger partial charge in [-0.1, -0.05) is 0 Å². The summed E-state index contributed by atoms with van der Waals surface area (Å²) in [5.74, 6) is -0.545. The van der Waals surface area contributed by atoms with E-state index in [0.29, 0.717) is 17.2 Å². The van der Waals surface area contributed by atoms with E-state index in [0.717, 1.165) is 0 Å².